The third-order valence-electron chi connectivity index (χ3n) is 4.59. The number of sulfonamides is 1. The summed E-state index contributed by atoms with van der Waals surface area (Å²) in [5.74, 6) is -1.71. The molecule has 0 aromatic heterocycles. The fourth-order valence-electron chi connectivity index (χ4n) is 2.95. The van der Waals surface area contributed by atoms with Crippen molar-refractivity contribution >= 4 is 50.0 Å². The average molecular weight is 470 g/mol. The number of hydrogen-bond acceptors (Lipinski definition) is 6. The van der Waals surface area contributed by atoms with Gasteiger partial charge in [0.2, 0.25) is 15.9 Å². The van der Waals surface area contributed by atoms with Crippen LogP contribution in [-0.2, 0) is 29.1 Å². The lowest BCUT2D eigenvalue weighted by molar-refractivity contribution is -0.151. The molecule has 0 aliphatic heterocycles. The summed E-state index contributed by atoms with van der Waals surface area (Å²) in [7, 11) is -3.95. The van der Waals surface area contributed by atoms with Crippen molar-refractivity contribution in [1.29, 1.82) is 0 Å². The Labute approximate surface area is 191 Å². The standard InChI is InChI=1S/C23H23N3O6S/c1-15(23(29)26-20-10-8-19(9-11-20)25-16(2)27)32-22(28)14-24-33(30,31)21-12-7-17-5-3-4-6-18(17)13-21/h3-13,15,24H,14H2,1-2H3,(H,25,27)(H,26,29)/t15-/m1/s1. The zero-order chi connectivity index (χ0) is 24.0. The highest BCUT2D eigenvalue weighted by Gasteiger charge is 2.21. The van der Waals surface area contributed by atoms with Gasteiger partial charge in [0, 0.05) is 18.3 Å². The summed E-state index contributed by atoms with van der Waals surface area (Å²) in [5, 5.41) is 6.82. The van der Waals surface area contributed by atoms with E-state index >= 15 is 0 Å². The predicted octanol–water partition coefficient (Wildman–Crippen LogP) is 2.65. The van der Waals surface area contributed by atoms with E-state index in [2.05, 4.69) is 15.4 Å². The van der Waals surface area contributed by atoms with Crippen LogP contribution in [0.2, 0.25) is 0 Å². The van der Waals surface area contributed by atoms with E-state index < -0.39 is 34.5 Å². The largest absolute Gasteiger partial charge is 0.452 e. The van der Waals surface area contributed by atoms with Crippen LogP contribution in [0.3, 0.4) is 0 Å². The highest BCUT2D eigenvalue weighted by molar-refractivity contribution is 7.89. The highest BCUT2D eigenvalue weighted by atomic mass is 32.2. The second-order valence-corrected chi connectivity index (χ2v) is 8.98. The molecular weight excluding hydrogens is 446 g/mol. The van der Waals surface area contributed by atoms with Gasteiger partial charge in [-0.05, 0) is 54.1 Å². The van der Waals surface area contributed by atoms with Crippen molar-refractivity contribution in [3.05, 3.63) is 66.7 Å². The maximum absolute atomic E-state index is 12.5. The van der Waals surface area contributed by atoms with Gasteiger partial charge in [-0.25, -0.2) is 8.42 Å². The summed E-state index contributed by atoms with van der Waals surface area (Å²) in [4.78, 5) is 35.4. The second-order valence-electron chi connectivity index (χ2n) is 7.21. The van der Waals surface area contributed by atoms with E-state index in [0.29, 0.717) is 11.4 Å². The van der Waals surface area contributed by atoms with E-state index in [0.717, 1.165) is 10.8 Å². The highest BCUT2D eigenvalue weighted by Crippen LogP contribution is 2.19. The lowest BCUT2D eigenvalue weighted by atomic mass is 10.1. The van der Waals surface area contributed by atoms with Crippen molar-refractivity contribution in [2.24, 2.45) is 0 Å². The maximum Gasteiger partial charge on any atom is 0.321 e. The van der Waals surface area contributed by atoms with E-state index in [1.807, 2.05) is 12.1 Å². The molecule has 0 radical (unpaired) electrons. The number of fused-ring (bicyclic) bond motifs is 1. The smallest absolute Gasteiger partial charge is 0.321 e. The molecule has 0 spiro atoms. The van der Waals surface area contributed by atoms with Crippen molar-refractivity contribution in [3.8, 4) is 0 Å². The van der Waals surface area contributed by atoms with Gasteiger partial charge in [-0.1, -0.05) is 30.3 Å². The summed E-state index contributed by atoms with van der Waals surface area (Å²) in [6.45, 7) is 2.13. The summed E-state index contributed by atoms with van der Waals surface area (Å²) >= 11 is 0. The number of ether oxygens (including phenoxy) is 1. The molecule has 0 unspecified atom stereocenters. The molecule has 3 N–H and O–H groups in total. The van der Waals surface area contributed by atoms with Crippen molar-refractivity contribution in [2.45, 2.75) is 24.8 Å². The first kappa shape index (κ1) is 23.9. The van der Waals surface area contributed by atoms with Crippen LogP contribution in [0.5, 0.6) is 0 Å². The van der Waals surface area contributed by atoms with Crippen molar-refractivity contribution in [1.82, 2.24) is 4.72 Å². The molecule has 0 bridgehead atoms. The number of amides is 2. The normalized spacial score (nSPS) is 12.1. The summed E-state index contributed by atoms with van der Waals surface area (Å²) in [6, 6.07) is 18.3. The Balaban J connectivity index is 1.52. The van der Waals surface area contributed by atoms with Crippen LogP contribution in [0.1, 0.15) is 13.8 Å². The van der Waals surface area contributed by atoms with Crippen LogP contribution >= 0.6 is 0 Å². The van der Waals surface area contributed by atoms with Gasteiger partial charge in [0.15, 0.2) is 6.10 Å². The molecule has 0 saturated carbocycles. The lowest BCUT2D eigenvalue weighted by Crippen LogP contribution is -2.35. The maximum atomic E-state index is 12.5. The third-order valence-corrected chi connectivity index (χ3v) is 5.99. The monoisotopic (exact) mass is 469 g/mol. The fraction of sp³-hybridized carbons (Fsp3) is 0.174. The minimum absolute atomic E-state index is 0.0162. The van der Waals surface area contributed by atoms with Crippen LogP contribution in [0.15, 0.2) is 71.6 Å². The number of esters is 1. The quantitative estimate of drug-likeness (QED) is 0.435. The molecule has 0 saturated heterocycles. The van der Waals surface area contributed by atoms with Crippen molar-refractivity contribution < 1.29 is 27.5 Å². The van der Waals surface area contributed by atoms with Crippen molar-refractivity contribution in [3.63, 3.8) is 0 Å². The van der Waals surface area contributed by atoms with Gasteiger partial charge in [-0.3, -0.25) is 14.4 Å². The van der Waals surface area contributed by atoms with Crippen molar-refractivity contribution in [2.75, 3.05) is 17.2 Å². The molecule has 3 aromatic rings. The molecule has 1 atom stereocenters. The van der Waals surface area contributed by atoms with Gasteiger partial charge in [0.25, 0.3) is 5.91 Å². The number of benzene rings is 3. The van der Waals surface area contributed by atoms with Crippen LogP contribution in [-0.4, -0.2) is 38.9 Å². The Hall–Kier alpha value is -3.76. The van der Waals surface area contributed by atoms with Gasteiger partial charge in [0.05, 0.1) is 4.90 Å². The topological polar surface area (TPSA) is 131 Å². The molecule has 0 aliphatic carbocycles. The third kappa shape index (κ3) is 6.61. The molecule has 0 heterocycles. The zero-order valence-electron chi connectivity index (χ0n) is 18.0. The first-order chi connectivity index (χ1) is 15.6. The number of carbonyl (C=O) groups excluding carboxylic acids is 3. The number of hydrogen-bond donors (Lipinski definition) is 3. The first-order valence-corrected chi connectivity index (χ1v) is 11.5. The Kier molecular flexibility index (Phi) is 7.41. The Bertz CT molecular complexity index is 1290. The molecule has 10 heteroatoms. The van der Waals surface area contributed by atoms with E-state index in [-0.39, 0.29) is 10.8 Å². The SMILES string of the molecule is CC(=O)Nc1ccc(NC(=O)[C@@H](C)OC(=O)CNS(=O)(=O)c2ccc3ccccc3c2)cc1. The molecule has 3 aromatic carbocycles. The van der Waals surface area contributed by atoms with E-state index in [1.54, 1.807) is 42.5 Å². The summed E-state index contributed by atoms with van der Waals surface area (Å²) in [5.41, 5.74) is 1.01. The Morgan fingerprint density at radius 1 is 0.879 bits per heavy atom. The molecule has 172 valence electrons. The Morgan fingerprint density at radius 3 is 2.12 bits per heavy atom. The van der Waals surface area contributed by atoms with Gasteiger partial charge in [-0.15, -0.1) is 0 Å². The number of rotatable bonds is 8. The summed E-state index contributed by atoms with van der Waals surface area (Å²) in [6.07, 6.45) is -1.15. The minimum atomic E-state index is -3.95. The van der Waals surface area contributed by atoms with Gasteiger partial charge in [0.1, 0.15) is 6.54 Å². The van der Waals surface area contributed by atoms with Crippen LogP contribution < -0.4 is 15.4 Å². The molecule has 2 amide bonds. The molecular formula is C23H23N3O6S. The molecule has 9 nitrogen and oxygen atoms in total. The first-order valence-electron chi connectivity index (χ1n) is 10.0. The van der Waals surface area contributed by atoms with E-state index in [1.165, 1.54) is 26.0 Å². The van der Waals surface area contributed by atoms with Crippen LogP contribution in [0, 0.1) is 0 Å². The zero-order valence-corrected chi connectivity index (χ0v) is 18.8. The van der Waals surface area contributed by atoms with Crippen LogP contribution in [0.25, 0.3) is 10.8 Å². The Morgan fingerprint density at radius 2 is 1.48 bits per heavy atom. The van der Waals surface area contributed by atoms with Gasteiger partial charge >= 0.3 is 5.97 Å². The molecule has 3 rings (SSSR count). The molecule has 0 aliphatic rings. The minimum Gasteiger partial charge on any atom is -0.452 e. The van der Waals surface area contributed by atoms with Gasteiger partial charge in [-0.2, -0.15) is 4.72 Å². The lowest BCUT2D eigenvalue weighted by Gasteiger charge is -2.14. The average Bonchev–Trinajstić information content (AvgIpc) is 2.78. The second kappa shape index (κ2) is 10.2. The molecule has 0 fully saturated rings. The number of nitrogens with one attached hydrogen (secondary N) is 3. The summed E-state index contributed by atoms with van der Waals surface area (Å²) < 4.78 is 32.2. The van der Waals surface area contributed by atoms with E-state index in [4.69, 9.17) is 4.74 Å². The van der Waals surface area contributed by atoms with Gasteiger partial charge < -0.3 is 15.4 Å². The number of carbonyl (C=O) groups is 3. The fourth-order valence-corrected chi connectivity index (χ4v) is 3.95. The molecule has 33 heavy (non-hydrogen) atoms. The number of anilines is 2. The predicted molar refractivity (Wildman–Crippen MR) is 124 cm³/mol. The van der Waals surface area contributed by atoms with Crippen LogP contribution in [0.4, 0.5) is 11.4 Å². The van der Waals surface area contributed by atoms with E-state index in [9.17, 15) is 22.8 Å².